The summed E-state index contributed by atoms with van der Waals surface area (Å²) in [6, 6.07) is 10.6. The molecular formula is C19H18ClFN2O3. The lowest BCUT2D eigenvalue weighted by Gasteiger charge is -2.34. The largest absolute Gasteiger partial charge is 0.396 e. The van der Waals surface area contributed by atoms with Gasteiger partial charge in [-0.2, -0.15) is 0 Å². The van der Waals surface area contributed by atoms with Crippen molar-refractivity contribution in [1.82, 2.24) is 10.2 Å². The van der Waals surface area contributed by atoms with Gasteiger partial charge in [0.05, 0.1) is 5.02 Å². The van der Waals surface area contributed by atoms with E-state index in [0.29, 0.717) is 18.7 Å². The number of halogens is 2. The lowest BCUT2D eigenvalue weighted by Crippen LogP contribution is -2.57. The maximum atomic E-state index is 13.3. The molecule has 1 atom stereocenters. The van der Waals surface area contributed by atoms with Gasteiger partial charge in [-0.25, -0.2) is 4.39 Å². The Morgan fingerprint density at radius 2 is 1.92 bits per heavy atom. The highest BCUT2D eigenvalue weighted by Crippen LogP contribution is 2.25. The van der Waals surface area contributed by atoms with E-state index in [2.05, 4.69) is 5.32 Å². The summed E-state index contributed by atoms with van der Waals surface area (Å²) in [7, 11) is 0. The lowest BCUT2D eigenvalue weighted by atomic mass is 10.0. The Kier molecular flexibility index (Phi) is 5.54. The van der Waals surface area contributed by atoms with Crippen molar-refractivity contribution in [3.05, 3.63) is 58.9 Å². The third kappa shape index (κ3) is 3.71. The zero-order valence-corrected chi connectivity index (χ0v) is 14.7. The number of rotatable bonds is 4. The average Bonchev–Trinajstić information content (AvgIpc) is 2.65. The number of hydrogen-bond acceptors (Lipinski definition) is 3. The molecule has 1 aliphatic heterocycles. The topological polar surface area (TPSA) is 69.6 Å². The molecule has 5 nitrogen and oxygen atoms in total. The molecule has 3 rings (SSSR count). The van der Waals surface area contributed by atoms with Crippen LogP contribution in [0.3, 0.4) is 0 Å². The highest BCUT2D eigenvalue weighted by atomic mass is 35.5. The summed E-state index contributed by atoms with van der Waals surface area (Å²) in [5.41, 5.74) is 1.98. The number of carbonyl (C=O) groups excluding carboxylic acids is 2. The number of benzene rings is 2. The smallest absolute Gasteiger partial charge is 0.254 e. The first kappa shape index (κ1) is 18.4. The van der Waals surface area contributed by atoms with Gasteiger partial charge in [-0.15, -0.1) is 0 Å². The van der Waals surface area contributed by atoms with Crippen LogP contribution < -0.4 is 5.32 Å². The Labute approximate surface area is 155 Å². The molecule has 1 unspecified atom stereocenters. The minimum atomic E-state index is -0.670. The van der Waals surface area contributed by atoms with E-state index >= 15 is 0 Å². The molecule has 1 saturated heterocycles. The maximum Gasteiger partial charge on any atom is 0.254 e. The lowest BCUT2D eigenvalue weighted by molar-refractivity contribution is -0.128. The van der Waals surface area contributed by atoms with Crippen LogP contribution in [0.4, 0.5) is 4.39 Å². The SMILES string of the molecule is O=C1NCCN(C(=O)c2ccc(-c3ccc(F)c(Cl)c3)cc2)C1CCO. The van der Waals surface area contributed by atoms with E-state index in [4.69, 9.17) is 16.7 Å². The molecule has 0 aliphatic carbocycles. The van der Waals surface area contributed by atoms with Crippen LogP contribution in [0.15, 0.2) is 42.5 Å². The molecule has 0 aromatic heterocycles. The van der Waals surface area contributed by atoms with Gasteiger partial charge >= 0.3 is 0 Å². The molecule has 0 spiro atoms. The van der Waals surface area contributed by atoms with E-state index in [1.807, 2.05) is 0 Å². The molecule has 2 aromatic carbocycles. The van der Waals surface area contributed by atoms with Gasteiger partial charge in [0, 0.05) is 25.3 Å². The van der Waals surface area contributed by atoms with Crippen molar-refractivity contribution in [2.75, 3.05) is 19.7 Å². The van der Waals surface area contributed by atoms with Gasteiger partial charge in [0.2, 0.25) is 5.91 Å². The molecule has 1 fully saturated rings. The molecule has 2 aromatic rings. The number of nitrogens with zero attached hydrogens (tertiary/aromatic N) is 1. The first-order valence-electron chi connectivity index (χ1n) is 8.26. The fourth-order valence-corrected chi connectivity index (χ4v) is 3.19. The van der Waals surface area contributed by atoms with Crippen molar-refractivity contribution < 1.29 is 19.1 Å². The summed E-state index contributed by atoms with van der Waals surface area (Å²) in [5, 5.41) is 11.9. The first-order valence-corrected chi connectivity index (χ1v) is 8.64. The number of aliphatic hydroxyl groups is 1. The second kappa shape index (κ2) is 7.85. The van der Waals surface area contributed by atoms with Crippen molar-refractivity contribution in [2.24, 2.45) is 0 Å². The van der Waals surface area contributed by atoms with Crippen LogP contribution in [0.25, 0.3) is 11.1 Å². The predicted octanol–water partition coefficient (Wildman–Crippen LogP) is 2.47. The van der Waals surface area contributed by atoms with Crippen molar-refractivity contribution >= 4 is 23.4 Å². The van der Waals surface area contributed by atoms with E-state index in [0.717, 1.165) is 11.1 Å². The Bertz CT molecular complexity index is 826. The molecule has 1 heterocycles. The summed E-state index contributed by atoms with van der Waals surface area (Å²) in [4.78, 5) is 26.2. The Morgan fingerprint density at radius 1 is 1.23 bits per heavy atom. The van der Waals surface area contributed by atoms with Gasteiger partial charge in [-0.3, -0.25) is 9.59 Å². The summed E-state index contributed by atoms with van der Waals surface area (Å²) in [6.45, 7) is 0.607. The third-order valence-corrected chi connectivity index (χ3v) is 4.67. The zero-order chi connectivity index (χ0) is 18.7. The second-order valence-electron chi connectivity index (χ2n) is 6.02. The number of nitrogens with one attached hydrogen (secondary N) is 1. The van der Waals surface area contributed by atoms with Crippen molar-refractivity contribution in [1.29, 1.82) is 0 Å². The van der Waals surface area contributed by atoms with E-state index in [9.17, 15) is 14.0 Å². The highest BCUT2D eigenvalue weighted by molar-refractivity contribution is 6.31. The van der Waals surface area contributed by atoms with Gasteiger partial charge in [0.15, 0.2) is 0 Å². The zero-order valence-electron chi connectivity index (χ0n) is 13.9. The molecule has 0 bridgehead atoms. The summed E-state index contributed by atoms with van der Waals surface area (Å²) < 4.78 is 13.3. The standard InChI is InChI=1S/C19H18ClFN2O3/c20-15-11-14(5-6-16(15)21)12-1-3-13(4-2-12)19(26)23-9-8-22-18(25)17(23)7-10-24/h1-6,11,17,24H,7-10H2,(H,22,25). The average molecular weight is 377 g/mol. The number of hydrogen-bond donors (Lipinski definition) is 2. The Morgan fingerprint density at radius 3 is 2.58 bits per heavy atom. The fourth-order valence-electron chi connectivity index (χ4n) is 3.01. The summed E-state index contributed by atoms with van der Waals surface area (Å²) >= 11 is 5.81. The van der Waals surface area contributed by atoms with Crippen molar-refractivity contribution in [2.45, 2.75) is 12.5 Å². The molecule has 136 valence electrons. The fraction of sp³-hybridized carbons (Fsp3) is 0.263. The van der Waals surface area contributed by atoms with Crippen LogP contribution >= 0.6 is 11.6 Å². The van der Waals surface area contributed by atoms with Crippen LogP contribution in [0.2, 0.25) is 5.02 Å². The highest BCUT2D eigenvalue weighted by Gasteiger charge is 2.32. The number of carbonyl (C=O) groups is 2. The van der Waals surface area contributed by atoms with Crippen LogP contribution in [0.5, 0.6) is 0 Å². The number of aliphatic hydroxyl groups excluding tert-OH is 1. The number of piperazine rings is 1. The van der Waals surface area contributed by atoms with E-state index < -0.39 is 11.9 Å². The van der Waals surface area contributed by atoms with Gasteiger partial charge < -0.3 is 15.3 Å². The van der Waals surface area contributed by atoms with Crippen molar-refractivity contribution in [3.8, 4) is 11.1 Å². The monoisotopic (exact) mass is 376 g/mol. The van der Waals surface area contributed by atoms with Gasteiger partial charge in [0.25, 0.3) is 5.91 Å². The Hall–Kier alpha value is -2.44. The molecule has 26 heavy (non-hydrogen) atoms. The Balaban J connectivity index is 1.82. The molecule has 1 aliphatic rings. The third-order valence-electron chi connectivity index (χ3n) is 4.38. The predicted molar refractivity (Wildman–Crippen MR) is 96.4 cm³/mol. The van der Waals surface area contributed by atoms with Crippen LogP contribution in [-0.4, -0.2) is 47.6 Å². The summed E-state index contributed by atoms with van der Waals surface area (Å²) in [5.74, 6) is -1.00. The molecule has 2 N–H and O–H groups in total. The molecule has 2 amide bonds. The number of amides is 2. The van der Waals surface area contributed by atoms with Crippen LogP contribution in [0, 0.1) is 5.82 Å². The normalized spacial score (nSPS) is 17.1. The molecule has 0 radical (unpaired) electrons. The molecule has 0 saturated carbocycles. The van der Waals surface area contributed by atoms with E-state index in [1.54, 1.807) is 30.3 Å². The van der Waals surface area contributed by atoms with Crippen LogP contribution in [-0.2, 0) is 4.79 Å². The maximum absolute atomic E-state index is 13.3. The van der Waals surface area contributed by atoms with Crippen molar-refractivity contribution in [3.63, 3.8) is 0 Å². The first-order chi connectivity index (χ1) is 12.5. The van der Waals surface area contributed by atoms with E-state index in [1.165, 1.54) is 17.0 Å². The van der Waals surface area contributed by atoms with Gasteiger partial charge in [-0.05, 0) is 41.8 Å². The molecule has 7 heteroatoms. The van der Waals surface area contributed by atoms with E-state index in [-0.39, 0.29) is 29.9 Å². The quantitative estimate of drug-likeness (QED) is 0.861. The molecular weight excluding hydrogens is 359 g/mol. The minimum absolute atomic E-state index is 0.0360. The van der Waals surface area contributed by atoms with Gasteiger partial charge in [-0.1, -0.05) is 29.8 Å². The second-order valence-corrected chi connectivity index (χ2v) is 6.43. The van der Waals surface area contributed by atoms with Crippen LogP contribution in [0.1, 0.15) is 16.8 Å². The minimum Gasteiger partial charge on any atom is -0.396 e. The van der Waals surface area contributed by atoms with Gasteiger partial charge in [0.1, 0.15) is 11.9 Å². The summed E-state index contributed by atoms with van der Waals surface area (Å²) in [6.07, 6.45) is 0.198.